The lowest BCUT2D eigenvalue weighted by Crippen LogP contribution is -2.00. The lowest BCUT2D eigenvalue weighted by molar-refractivity contribution is 0.306. The molecular formula is C14H14FNO. The quantitative estimate of drug-likeness (QED) is 0.822. The van der Waals surface area contributed by atoms with Crippen molar-refractivity contribution in [3.63, 3.8) is 0 Å². The molecule has 0 aliphatic carbocycles. The summed E-state index contributed by atoms with van der Waals surface area (Å²) in [6.45, 7) is 2.45. The molecular weight excluding hydrogens is 217 g/mol. The van der Waals surface area contributed by atoms with E-state index in [1.54, 1.807) is 6.07 Å². The maximum Gasteiger partial charge on any atom is 0.142 e. The molecule has 2 aromatic carbocycles. The maximum atomic E-state index is 12.8. The second-order valence-corrected chi connectivity index (χ2v) is 3.90. The van der Waals surface area contributed by atoms with Crippen molar-refractivity contribution in [2.45, 2.75) is 13.5 Å². The monoisotopic (exact) mass is 231 g/mol. The van der Waals surface area contributed by atoms with Crippen LogP contribution >= 0.6 is 0 Å². The molecule has 0 unspecified atom stereocenters. The first-order chi connectivity index (χ1) is 8.16. The summed E-state index contributed by atoms with van der Waals surface area (Å²) < 4.78 is 18.4. The van der Waals surface area contributed by atoms with E-state index >= 15 is 0 Å². The third kappa shape index (κ3) is 2.75. The van der Waals surface area contributed by atoms with Crippen LogP contribution in [0, 0.1) is 12.7 Å². The predicted octanol–water partition coefficient (Wildman–Crippen LogP) is 3.30. The minimum Gasteiger partial charge on any atom is -0.487 e. The average molecular weight is 231 g/mol. The summed E-state index contributed by atoms with van der Waals surface area (Å²) in [4.78, 5) is 0. The second-order valence-electron chi connectivity index (χ2n) is 3.90. The lowest BCUT2D eigenvalue weighted by atomic mass is 10.1. The topological polar surface area (TPSA) is 35.2 Å². The number of benzene rings is 2. The van der Waals surface area contributed by atoms with Gasteiger partial charge in [0.15, 0.2) is 0 Å². The van der Waals surface area contributed by atoms with E-state index in [1.807, 2.05) is 31.2 Å². The molecule has 0 saturated carbocycles. The van der Waals surface area contributed by atoms with Crippen LogP contribution in [0.1, 0.15) is 11.1 Å². The summed E-state index contributed by atoms with van der Waals surface area (Å²) in [6, 6.07) is 12.1. The summed E-state index contributed by atoms with van der Waals surface area (Å²) >= 11 is 0. The summed E-state index contributed by atoms with van der Waals surface area (Å²) in [6.07, 6.45) is 0. The van der Waals surface area contributed by atoms with E-state index in [0.29, 0.717) is 18.0 Å². The molecule has 0 radical (unpaired) electrons. The number of halogens is 1. The van der Waals surface area contributed by atoms with E-state index in [4.69, 9.17) is 10.5 Å². The van der Waals surface area contributed by atoms with Gasteiger partial charge in [0.2, 0.25) is 0 Å². The summed E-state index contributed by atoms with van der Waals surface area (Å²) in [5.74, 6) is 0.153. The van der Waals surface area contributed by atoms with Crippen LogP contribution < -0.4 is 10.5 Å². The molecule has 2 aromatic rings. The molecule has 3 heteroatoms. The standard InChI is InChI=1S/C14H14FNO/c1-10-4-2-3-5-11(10)9-17-14-7-6-12(15)8-13(14)16/h2-8H,9,16H2,1H3. The normalized spacial score (nSPS) is 10.2. The Hall–Kier alpha value is -2.03. The third-order valence-corrected chi connectivity index (χ3v) is 2.62. The van der Waals surface area contributed by atoms with Crippen molar-refractivity contribution in [1.29, 1.82) is 0 Å². The molecule has 2 N–H and O–H groups in total. The van der Waals surface area contributed by atoms with Gasteiger partial charge in [-0.3, -0.25) is 0 Å². The van der Waals surface area contributed by atoms with Crippen molar-refractivity contribution < 1.29 is 9.13 Å². The smallest absolute Gasteiger partial charge is 0.142 e. The summed E-state index contributed by atoms with van der Waals surface area (Å²) in [5, 5.41) is 0. The fourth-order valence-corrected chi connectivity index (χ4v) is 1.58. The summed E-state index contributed by atoms with van der Waals surface area (Å²) in [7, 11) is 0. The van der Waals surface area contributed by atoms with E-state index < -0.39 is 0 Å². The molecule has 0 aliphatic heterocycles. The first-order valence-electron chi connectivity index (χ1n) is 5.39. The van der Waals surface area contributed by atoms with Crippen LogP contribution in [0.2, 0.25) is 0 Å². The van der Waals surface area contributed by atoms with Gasteiger partial charge in [-0.1, -0.05) is 24.3 Å². The minimum absolute atomic E-state index is 0.318. The van der Waals surface area contributed by atoms with Crippen molar-refractivity contribution in [3.8, 4) is 5.75 Å². The zero-order valence-electron chi connectivity index (χ0n) is 9.61. The highest BCUT2D eigenvalue weighted by atomic mass is 19.1. The van der Waals surface area contributed by atoms with Crippen molar-refractivity contribution in [3.05, 3.63) is 59.4 Å². The Morgan fingerprint density at radius 2 is 1.94 bits per heavy atom. The molecule has 2 nitrogen and oxygen atoms in total. The average Bonchev–Trinajstić information content (AvgIpc) is 2.30. The fourth-order valence-electron chi connectivity index (χ4n) is 1.58. The molecule has 0 bridgehead atoms. The first-order valence-corrected chi connectivity index (χ1v) is 5.39. The van der Waals surface area contributed by atoms with Gasteiger partial charge in [0.05, 0.1) is 5.69 Å². The van der Waals surface area contributed by atoms with Gasteiger partial charge in [-0.2, -0.15) is 0 Å². The van der Waals surface area contributed by atoms with Crippen molar-refractivity contribution in [2.24, 2.45) is 0 Å². The zero-order chi connectivity index (χ0) is 12.3. The van der Waals surface area contributed by atoms with Gasteiger partial charge in [-0.25, -0.2) is 4.39 Å². The van der Waals surface area contributed by atoms with Crippen LogP contribution in [0.5, 0.6) is 5.75 Å². The molecule has 2 rings (SSSR count). The van der Waals surface area contributed by atoms with E-state index in [-0.39, 0.29) is 5.82 Å². The van der Waals surface area contributed by atoms with Gasteiger partial charge in [-0.15, -0.1) is 0 Å². The second kappa shape index (κ2) is 4.87. The van der Waals surface area contributed by atoms with E-state index in [2.05, 4.69) is 0 Å². The van der Waals surface area contributed by atoms with Crippen molar-refractivity contribution in [2.75, 3.05) is 5.73 Å². The third-order valence-electron chi connectivity index (χ3n) is 2.62. The molecule has 0 spiro atoms. The highest BCUT2D eigenvalue weighted by Gasteiger charge is 2.03. The van der Waals surface area contributed by atoms with Gasteiger partial charge < -0.3 is 10.5 Å². The number of nitrogen functional groups attached to an aromatic ring is 1. The van der Waals surface area contributed by atoms with Crippen molar-refractivity contribution >= 4 is 5.69 Å². The molecule has 0 saturated heterocycles. The van der Waals surface area contributed by atoms with Crippen LogP contribution in [-0.2, 0) is 6.61 Å². The fraction of sp³-hybridized carbons (Fsp3) is 0.143. The van der Waals surface area contributed by atoms with Crippen LogP contribution in [-0.4, -0.2) is 0 Å². The number of hydrogen-bond donors (Lipinski definition) is 1. The number of aryl methyl sites for hydroxylation is 1. The number of ether oxygens (including phenoxy) is 1. The Morgan fingerprint density at radius 3 is 2.65 bits per heavy atom. The Morgan fingerprint density at radius 1 is 1.18 bits per heavy atom. The lowest BCUT2D eigenvalue weighted by Gasteiger charge is -2.10. The molecule has 0 amide bonds. The Labute approximate surface area is 99.8 Å². The Balaban J connectivity index is 2.10. The van der Waals surface area contributed by atoms with E-state index in [0.717, 1.165) is 11.1 Å². The van der Waals surface area contributed by atoms with Crippen LogP contribution in [0.15, 0.2) is 42.5 Å². The molecule has 88 valence electrons. The Kier molecular flexibility index (Phi) is 3.28. The Bertz CT molecular complexity index is 525. The first kappa shape index (κ1) is 11.5. The molecule has 0 aliphatic rings. The SMILES string of the molecule is Cc1ccccc1COc1ccc(F)cc1N. The minimum atomic E-state index is -0.356. The van der Waals surface area contributed by atoms with Crippen LogP contribution in [0.25, 0.3) is 0 Å². The van der Waals surface area contributed by atoms with Gasteiger partial charge in [0, 0.05) is 6.07 Å². The van der Waals surface area contributed by atoms with E-state index in [9.17, 15) is 4.39 Å². The summed E-state index contributed by atoms with van der Waals surface area (Å²) in [5.41, 5.74) is 8.23. The van der Waals surface area contributed by atoms with Crippen LogP contribution in [0.4, 0.5) is 10.1 Å². The van der Waals surface area contributed by atoms with Crippen molar-refractivity contribution in [1.82, 2.24) is 0 Å². The largest absolute Gasteiger partial charge is 0.487 e. The van der Waals surface area contributed by atoms with E-state index in [1.165, 1.54) is 12.1 Å². The van der Waals surface area contributed by atoms with Gasteiger partial charge >= 0.3 is 0 Å². The van der Waals surface area contributed by atoms with Gasteiger partial charge in [-0.05, 0) is 30.2 Å². The maximum absolute atomic E-state index is 12.8. The van der Waals surface area contributed by atoms with Gasteiger partial charge in [0.25, 0.3) is 0 Å². The number of rotatable bonds is 3. The predicted molar refractivity (Wildman–Crippen MR) is 66.3 cm³/mol. The highest BCUT2D eigenvalue weighted by Crippen LogP contribution is 2.23. The number of nitrogens with two attached hydrogens (primary N) is 1. The number of anilines is 1. The molecule has 0 aromatic heterocycles. The highest BCUT2D eigenvalue weighted by molar-refractivity contribution is 5.52. The molecule has 0 heterocycles. The molecule has 0 fully saturated rings. The molecule has 0 atom stereocenters. The van der Waals surface area contributed by atoms with Gasteiger partial charge in [0.1, 0.15) is 18.2 Å². The molecule has 17 heavy (non-hydrogen) atoms. The zero-order valence-corrected chi connectivity index (χ0v) is 9.61. The van der Waals surface area contributed by atoms with Crippen LogP contribution in [0.3, 0.4) is 0 Å². The number of hydrogen-bond acceptors (Lipinski definition) is 2.